The number of thiol groups is 1. The highest BCUT2D eigenvalue weighted by molar-refractivity contribution is 7.80. The van der Waals surface area contributed by atoms with E-state index in [4.69, 9.17) is 5.11 Å². The molecular formula is C13H13N3O3S. The number of carboxylic acids is 1. The van der Waals surface area contributed by atoms with Crippen LogP contribution in [0.1, 0.15) is 42.0 Å². The minimum Gasteiger partial charge on any atom is -0.477 e. The zero-order valence-corrected chi connectivity index (χ0v) is 11.7. The largest absolute Gasteiger partial charge is 0.477 e. The number of aromatic carboxylic acids is 1. The van der Waals surface area contributed by atoms with Crippen LogP contribution in [-0.4, -0.2) is 25.6 Å². The number of hydrogen-bond acceptors (Lipinski definition) is 5. The normalized spacial score (nSPS) is 14.7. The number of rotatable bonds is 3. The van der Waals surface area contributed by atoms with E-state index in [2.05, 4.69) is 22.6 Å². The van der Waals surface area contributed by atoms with E-state index in [0.29, 0.717) is 17.9 Å². The first kappa shape index (κ1) is 13.1. The molecule has 1 aliphatic rings. The molecule has 0 saturated heterocycles. The lowest BCUT2D eigenvalue weighted by atomic mass is 10.2. The van der Waals surface area contributed by atoms with Crippen LogP contribution in [0.5, 0.6) is 0 Å². The number of carboxylic acid groups (broad SMARTS) is 1. The van der Waals surface area contributed by atoms with Crippen LogP contribution < -0.4 is 5.43 Å². The monoisotopic (exact) mass is 291 g/mol. The molecule has 20 heavy (non-hydrogen) atoms. The Morgan fingerprint density at radius 2 is 2.20 bits per heavy atom. The standard InChI is InChI=1S/C13H13N3O3S/c1-2-8-14-11-9(12(20)15-8)10(17)7(13(18)19)5-16(11)6-3-4-6/h5-6H,2-4H2,1H3,(H,18,19)(H,14,15,20). The Balaban J connectivity index is 2.45. The van der Waals surface area contributed by atoms with Crippen molar-refractivity contribution in [3.8, 4) is 0 Å². The smallest absolute Gasteiger partial charge is 0.341 e. The van der Waals surface area contributed by atoms with E-state index in [1.165, 1.54) is 6.20 Å². The summed E-state index contributed by atoms with van der Waals surface area (Å²) in [4.78, 5) is 32.0. The molecule has 3 rings (SSSR count). The average Bonchev–Trinajstić information content (AvgIpc) is 3.22. The number of pyridine rings is 1. The number of carbonyl (C=O) groups is 1. The van der Waals surface area contributed by atoms with Crippen molar-refractivity contribution in [1.29, 1.82) is 0 Å². The van der Waals surface area contributed by atoms with E-state index in [1.54, 1.807) is 4.57 Å². The van der Waals surface area contributed by atoms with Gasteiger partial charge in [-0.15, -0.1) is 12.6 Å². The van der Waals surface area contributed by atoms with Crippen LogP contribution in [0, 0.1) is 0 Å². The van der Waals surface area contributed by atoms with Crippen molar-refractivity contribution < 1.29 is 9.90 Å². The van der Waals surface area contributed by atoms with Crippen LogP contribution in [-0.2, 0) is 6.42 Å². The quantitative estimate of drug-likeness (QED) is 0.664. The van der Waals surface area contributed by atoms with Crippen LogP contribution in [0.3, 0.4) is 0 Å². The van der Waals surface area contributed by atoms with Gasteiger partial charge in [0.25, 0.3) is 0 Å². The molecule has 1 aliphatic carbocycles. The molecule has 0 atom stereocenters. The molecule has 2 aromatic rings. The van der Waals surface area contributed by atoms with E-state index in [1.807, 2.05) is 6.92 Å². The molecule has 1 N–H and O–H groups in total. The van der Waals surface area contributed by atoms with Gasteiger partial charge in [0.2, 0.25) is 5.43 Å². The zero-order valence-electron chi connectivity index (χ0n) is 10.8. The minimum atomic E-state index is -1.24. The molecular weight excluding hydrogens is 278 g/mol. The fourth-order valence-electron chi connectivity index (χ4n) is 2.21. The van der Waals surface area contributed by atoms with Gasteiger partial charge in [-0.3, -0.25) is 4.79 Å². The summed E-state index contributed by atoms with van der Waals surface area (Å²) in [5, 5.41) is 9.60. The Hall–Kier alpha value is -1.89. The molecule has 7 heteroatoms. The van der Waals surface area contributed by atoms with E-state index in [-0.39, 0.29) is 22.0 Å². The summed E-state index contributed by atoms with van der Waals surface area (Å²) < 4.78 is 1.78. The first-order valence-corrected chi connectivity index (χ1v) is 6.85. The second kappa shape index (κ2) is 4.59. The molecule has 6 nitrogen and oxygen atoms in total. The van der Waals surface area contributed by atoms with Gasteiger partial charge < -0.3 is 9.67 Å². The predicted molar refractivity (Wildman–Crippen MR) is 75.7 cm³/mol. The van der Waals surface area contributed by atoms with Gasteiger partial charge in [-0.2, -0.15) is 0 Å². The highest BCUT2D eigenvalue weighted by Crippen LogP contribution is 2.36. The number of hydrogen-bond donors (Lipinski definition) is 2. The number of nitrogens with zero attached hydrogens (tertiary/aromatic N) is 3. The van der Waals surface area contributed by atoms with Crippen molar-refractivity contribution in [2.24, 2.45) is 0 Å². The lowest BCUT2D eigenvalue weighted by Gasteiger charge is -2.12. The van der Waals surface area contributed by atoms with Crippen molar-refractivity contribution >= 4 is 29.6 Å². The van der Waals surface area contributed by atoms with Crippen molar-refractivity contribution in [1.82, 2.24) is 14.5 Å². The van der Waals surface area contributed by atoms with Gasteiger partial charge in [0.1, 0.15) is 22.1 Å². The topological polar surface area (TPSA) is 85.1 Å². The second-order valence-electron chi connectivity index (χ2n) is 4.83. The van der Waals surface area contributed by atoms with Crippen LogP contribution in [0.25, 0.3) is 11.0 Å². The maximum atomic E-state index is 12.3. The van der Waals surface area contributed by atoms with Crippen LogP contribution in [0.4, 0.5) is 0 Å². The number of aryl methyl sites for hydroxylation is 1. The Morgan fingerprint density at radius 3 is 2.75 bits per heavy atom. The molecule has 0 bridgehead atoms. The molecule has 104 valence electrons. The highest BCUT2D eigenvalue weighted by Gasteiger charge is 2.28. The lowest BCUT2D eigenvalue weighted by molar-refractivity contribution is 0.0695. The van der Waals surface area contributed by atoms with E-state index < -0.39 is 11.4 Å². The fraction of sp³-hybridized carbons (Fsp3) is 0.385. The third-order valence-electron chi connectivity index (χ3n) is 3.39. The van der Waals surface area contributed by atoms with E-state index in [0.717, 1.165) is 12.8 Å². The highest BCUT2D eigenvalue weighted by atomic mass is 32.1. The molecule has 0 amide bonds. The molecule has 0 aliphatic heterocycles. The van der Waals surface area contributed by atoms with Crippen molar-refractivity contribution in [2.75, 3.05) is 0 Å². The van der Waals surface area contributed by atoms with Gasteiger partial charge in [0, 0.05) is 18.7 Å². The molecule has 0 radical (unpaired) electrons. The zero-order chi connectivity index (χ0) is 14.4. The van der Waals surface area contributed by atoms with Crippen LogP contribution in [0.15, 0.2) is 16.0 Å². The van der Waals surface area contributed by atoms with Gasteiger partial charge in [0.05, 0.1) is 5.39 Å². The average molecular weight is 291 g/mol. The molecule has 0 spiro atoms. The summed E-state index contributed by atoms with van der Waals surface area (Å²) >= 11 is 4.24. The molecule has 1 saturated carbocycles. The van der Waals surface area contributed by atoms with Gasteiger partial charge in [-0.05, 0) is 12.8 Å². The number of aromatic nitrogens is 3. The lowest BCUT2D eigenvalue weighted by Crippen LogP contribution is -2.20. The van der Waals surface area contributed by atoms with Crippen LogP contribution in [0.2, 0.25) is 0 Å². The first-order chi connectivity index (χ1) is 9.52. The Kier molecular flexibility index (Phi) is 3.01. The van der Waals surface area contributed by atoms with E-state index >= 15 is 0 Å². The van der Waals surface area contributed by atoms with Gasteiger partial charge in [0.15, 0.2) is 0 Å². The van der Waals surface area contributed by atoms with Gasteiger partial charge in [-0.25, -0.2) is 14.8 Å². The van der Waals surface area contributed by atoms with Crippen molar-refractivity contribution in [3.63, 3.8) is 0 Å². The maximum Gasteiger partial charge on any atom is 0.341 e. The van der Waals surface area contributed by atoms with Gasteiger partial charge >= 0.3 is 5.97 Å². The fourth-order valence-corrected chi connectivity index (χ4v) is 2.52. The third-order valence-corrected chi connectivity index (χ3v) is 3.71. The van der Waals surface area contributed by atoms with Crippen molar-refractivity contribution in [2.45, 2.75) is 37.3 Å². The summed E-state index contributed by atoms with van der Waals surface area (Å²) in [5.41, 5.74) is -0.344. The molecule has 1 fully saturated rings. The predicted octanol–water partition coefficient (Wildman–Crippen LogP) is 1.68. The second-order valence-corrected chi connectivity index (χ2v) is 5.25. The summed E-state index contributed by atoms with van der Waals surface area (Å²) in [6, 6.07) is 0.212. The van der Waals surface area contributed by atoms with Gasteiger partial charge in [-0.1, -0.05) is 6.92 Å². The SMILES string of the molecule is CCc1nc(S)c2c(=O)c(C(=O)O)cn(C3CC3)c2n1. The molecule has 2 heterocycles. The Bertz CT molecular complexity index is 781. The van der Waals surface area contributed by atoms with Crippen LogP contribution >= 0.6 is 12.6 Å². The molecule has 0 unspecified atom stereocenters. The summed E-state index contributed by atoms with van der Waals surface area (Å²) in [5.74, 6) is -0.641. The molecule has 2 aromatic heterocycles. The summed E-state index contributed by atoms with van der Waals surface area (Å²) in [6.07, 6.45) is 3.95. The Labute approximate surface area is 119 Å². The maximum absolute atomic E-state index is 12.3. The Morgan fingerprint density at radius 1 is 1.50 bits per heavy atom. The minimum absolute atomic E-state index is 0.192. The van der Waals surface area contributed by atoms with E-state index in [9.17, 15) is 9.59 Å². The summed E-state index contributed by atoms with van der Waals surface area (Å²) in [6.45, 7) is 1.92. The molecule has 0 aromatic carbocycles. The third kappa shape index (κ3) is 1.98. The van der Waals surface area contributed by atoms with Crippen molar-refractivity contribution in [3.05, 3.63) is 27.8 Å². The number of fused-ring (bicyclic) bond motifs is 1. The summed E-state index contributed by atoms with van der Waals surface area (Å²) in [7, 11) is 0. The first-order valence-electron chi connectivity index (χ1n) is 6.41.